The van der Waals surface area contributed by atoms with Gasteiger partial charge in [-0.05, 0) is 67.0 Å². The maximum atomic E-state index is 12.4. The van der Waals surface area contributed by atoms with Crippen LogP contribution in [0.3, 0.4) is 0 Å². The standard InChI is InChI=1S/C23H28N2O2S/c26-22(24-21-6-7-21)8-5-17-1-3-18(4-2-17)15-19-9-12-25(13-10-19)23(27)20-11-14-28-16-20/h1-4,11,14,16,19,21H,5-10,12-13,15H2,(H,24,26). The predicted molar refractivity (Wildman–Crippen MR) is 113 cm³/mol. The van der Waals surface area contributed by atoms with Crippen molar-refractivity contribution in [2.24, 2.45) is 5.92 Å². The molecule has 2 aromatic rings. The molecule has 1 aliphatic heterocycles. The van der Waals surface area contributed by atoms with Crippen LogP contribution in [0.15, 0.2) is 41.1 Å². The number of likely N-dealkylation sites (tertiary alicyclic amines) is 1. The zero-order chi connectivity index (χ0) is 19.3. The number of nitrogens with zero attached hydrogens (tertiary/aromatic N) is 1. The van der Waals surface area contributed by atoms with Crippen LogP contribution in [0, 0.1) is 5.92 Å². The molecule has 28 heavy (non-hydrogen) atoms. The summed E-state index contributed by atoms with van der Waals surface area (Å²) in [5.74, 6) is 0.992. The molecule has 2 fully saturated rings. The van der Waals surface area contributed by atoms with Crippen LogP contribution in [-0.4, -0.2) is 35.8 Å². The van der Waals surface area contributed by atoms with E-state index in [9.17, 15) is 9.59 Å². The fraction of sp³-hybridized carbons (Fsp3) is 0.478. The highest BCUT2D eigenvalue weighted by molar-refractivity contribution is 7.08. The van der Waals surface area contributed by atoms with Gasteiger partial charge in [0.05, 0.1) is 5.56 Å². The minimum absolute atomic E-state index is 0.176. The summed E-state index contributed by atoms with van der Waals surface area (Å²) in [7, 11) is 0. The van der Waals surface area contributed by atoms with Gasteiger partial charge in [-0.15, -0.1) is 0 Å². The van der Waals surface area contributed by atoms with Crippen LogP contribution in [0.1, 0.15) is 53.6 Å². The monoisotopic (exact) mass is 396 g/mol. The Bertz CT molecular complexity index is 789. The SMILES string of the molecule is O=C(CCc1ccc(CC2CCN(C(=O)c3ccsc3)CC2)cc1)NC1CC1. The summed E-state index contributed by atoms with van der Waals surface area (Å²) in [4.78, 5) is 26.2. The summed E-state index contributed by atoms with van der Waals surface area (Å²) in [6.45, 7) is 1.71. The van der Waals surface area contributed by atoms with Crippen LogP contribution >= 0.6 is 11.3 Å². The van der Waals surface area contributed by atoms with E-state index < -0.39 is 0 Å². The Morgan fingerprint density at radius 2 is 1.71 bits per heavy atom. The smallest absolute Gasteiger partial charge is 0.254 e. The van der Waals surface area contributed by atoms with Crippen molar-refractivity contribution in [2.45, 2.75) is 51.0 Å². The van der Waals surface area contributed by atoms with Crippen molar-refractivity contribution in [1.82, 2.24) is 10.2 Å². The Labute approximate surface area is 170 Å². The zero-order valence-corrected chi connectivity index (χ0v) is 17.0. The third-order valence-electron chi connectivity index (χ3n) is 5.80. The van der Waals surface area contributed by atoms with Crippen molar-refractivity contribution in [3.05, 3.63) is 57.8 Å². The molecular weight excluding hydrogens is 368 g/mol. The maximum Gasteiger partial charge on any atom is 0.254 e. The summed E-state index contributed by atoms with van der Waals surface area (Å²) < 4.78 is 0. The summed E-state index contributed by atoms with van der Waals surface area (Å²) in [5.41, 5.74) is 3.41. The van der Waals surface area contributed by atoms with Crippen molar-refractivity contribution in [3.8, 4) is 0 Å². The first-order valence-corrected chi connectivity index (χ1v) is 11.3. The molecule has 5 heteroatoms. The molecule has 1 aliphatic carbocycles. The normalized spacial score (nSPS) is 17.5. The number of benzene rings is 1. The summed E-state index contributed by atoms with van der Waals surface area (Å²) in [5, 5.41) is 6.94. The summed E-state index contributed by atoms with van der Waals surface area (Å²) >= 11 is 1.58. The van der Waals surface area contributed by atoms with Gasteiger partial charge in [-0.2, -0.15) is 11.3 Å². The van der Waals surface area contributed by atoms with Gasteiger partial charge < -0.3 is 10.2 Å². The molecule has 2 aliphatic rings. The largest absolute Gasteiger partial charge is 0.353 e. The number of hydrogen-bond acceptors (Lipinski definition) is 3. The molecule has 0 spiro atoms. The highest BCUT2D eigenvalue weighted by Crippen LogP contribution is 2.24. The van der Waals surface area contributed by atoms with Crippen molar-refractivity contribution in [2.75, 3.05) is 13.1 Å². The van der Waals surface area contributed by atoms with Gasteiger partial charge in [0.2, 0.25) is 5.91 Å². The van der Waals surface area contributed by atoms with Gasteiger partial charge in [0, 0.05) is 30.9 Å². The average molecular weight is 397 g/mol. The third-order valence-corrected chi connectivity index (χ3v) is 6.48. The Kier molecular flexibility index (Phi) is 6.10. The van der Waals surface area contributed by atoms with Gasteiger partial charge in [-0.25, -0.2) is 0 Å². The lowest BCUT2D eigenvalue weighted by Crippen LogP contribution is -2.38. The second-order valence-electron chi connectivity index (χ2n) is 8.11. The van der Waals surface area contributed by atoms with Gasteiger partial charge in [0.15, 0.2) is 0 Å². The number of aryl methyl sites for hydroxylation is 1. The van der Waals surface area contributed by atoms with Crippen molar-refractivity contribution in [1.29, 1.82) is 0 Å². The highest BCUT2D eigenvalue weighted by Gasteiger charge is 2.24. The van der Waals surface area contributed by atoms with E-state index in [4.69, 9.17) is 0 Å². The Morgan fingerprint density at radius 1 is 1.00 bits per heavy atom. The maximum absolute atomic E-state index is 12.4. The van der Waals surface area contributed by atoms with Crippen LogP contribution in [0.5, 0.6) is 0 Å². The second kappa shape index (κ2) is 8.91. The number of carbonyl (C=O) groups is 2. The first kappa shape index (κ1) is 19.2. The second-order valence-corrected chi connectivity index (χ2v) is 8.89. The Morgan fingerprint density at radius 3 is 2.36 bits per heavy atom. The molecule has 0 radical (unpaired) electrons. The fourth-order valence-electron chi connectivity index (χ4n) is 3.87. The highest BCUT2D eigenvalue weighted by atomic mass is 32.1. The molecule has 1 N–H and O–H groups in total. The minimum Gasteiger partial charge on any atom is -0.353 e. The molecule has 2 amide bonds. The van der Waals surface area contributed by atoms with Crippen LogP contribution in [-0.2, 0) is 17.6 Å². The first-order chi connectivity index (χ1) is 13.7. The van der Waals surface area contributed by atoms with Crippen molar-refractivity contribution >= 4 is 23.2 Å². The van der Waals surface area contributed by atoms with E-state index in [0.29, 0.717) is 18.4 Å². The summed E-state index contributed by atoms with van der Waals surface area (Å²) in [6.07, 6.45) is 6.87. The quantitative estimate of drug-likeness (QED) is 0.767. The van der Waals surface area contributed by atoms with Gasteiger partial charge in [0.1, 0.15) is 0 Å². The van der Waals surface area contributed by atoms with Crippen LogP contribution in [0.4, 0.5) is 0 Å². The topological polar surface area (TPSA) is 49.4 Å². The lowest BCUT2D eigenvalue weighted by Gasteiger charge is -2.32. The number of hydrogen-bond donors (Lipinski definition) is 1. The molecule has 2 heterocycles. The lowest BCUT2D eigenvalue weighted by atomic mass is 9.89. The fourth-order valence-corrected chi connectivity index (χ4v) is 4.50. The van der Waals surface area contributed by atoms with E-state index in [2.05, 4.69) is 29.6 Å². The number of carbonyl (C=O) groups excluding carboxylic acids is 2. The van der Waals surface area contributed by atoms with E-state index in [1.54, 1.807) is 11.3 Å². The number of nitrogens with one attached hydrogen (secondary N) is 1. The number of piperidine rings is 1. The van der Waals surface area contributed by atoms with Crippen LogP contribution < -0.4 is 5.32 Å². The summed E-state index contributed by atoms with van der Waals surface area (Å²) in [6, 6.07) is 11.1. The predicted octanol–water partition coefficient (Wildman–Crippen LogP) is 4.05. The minimum atomic E-state index is 0.176. The van der Waals surface area contributed by atoms with Crippen molar-refractivity contribution < 1.29 is 9.59 Å². The average Bonchev–Trinajstić information content (AvgIpc) is 3.36. The molecule has 4 nitrogen and oxygen atoms in total. The number of thiophene rings is 1. The lowest BCUT2D eigenvalue weighted by molar-refractivity contribution is -0.121. The van der Waals surface area contributed by atoms with Gasteiger partial charge in [-0.3, -0.25) is 9.59 Å². The van der Waals surface area contributed by atoms with E-state index in [0.717, 1.165) is 57.2 Å². The van der Waals surface area contributed by atoms with Gasteiger partial charge >= 0.3 is 0 Å². The molecule has 0 bridgehead atoms. The van der Waals surface area contributed by atoms with Gasteiger partial charge in [-0.1, -0.05) is 24.3 Å². The third kappa shape index (κ3) is 5.22. The molecule has 0 atom stereocenters. The Hall–Kier alpha value is -2.14. The van der Waals surface area contributed by atoms with Crippen LogP contribution in [0.25, 0.3) is 0 Å². The van der Waals surface area contributed by atoms with Crippen LogP contribution in [0.2, 0.25) is 0 Å². The molecule has 1 saturated heterocycles. The van der Waals surface area contributed by atoms with E-state index >= 15 is 0 Å². The molecule has 4 rings (SSSR count). The van der Waals surface area contributed by atoms with E-state index in [1.165, 1.54) is 11.1 Å². The molecule has 0 unspecified atom stereocenters. The first-order valence-electron chi connectivity index (χ1n) is 10.4. The zero-order valence-electron chi connectivity index (χ0n) is 16.2. The molecule has 1 aromatic carbocycles. The number of rotatable bonds is 7. The van der Waals surface area contributed by atoms with E-state index in [1.807, 2.05) is 21.7 Å². The Balaban J connectivity index is 1.20. The molecule has 1 saturated carbocycles. The van der Waals surface area contributed by atoms with Crippen molar-refractivity contribution in [3.63, 3.8) is 0 Å². The molecule has 1 aromatic heterocycles. The molecular formula is C23H28N2O2S. The number of amides is 2. The molecule has 148 valence electrons. The van der Waals surface area contributed by atoms with E-state index in [-0.39, 0.29) is 11.8 Å². The van der Waals surface area contributed by atoms with Gasteiger partial charge in [0.25, 0.3) is 5.91 Å².